The molecule has 7 rings (SSSR count). The van der Waals surface area contributed by atoms with Gasteiger partial charge in [0.2, 0.25) is 11.8 Å². The van der Waals surface area contributed by atoms with Gasteiger partial charge in [-0.2, -0.15) is 0 Å². The first-order chi connectivity index (χ1) is 25.7. The number of rotatable bonds is 11. The van der Waals surface area contributed by atoms with Crippen molar-refractivity contribution in [1.29, 1.82) is 0 Å². The highest BCUT2D eigenvalue weighted by Gasteiger charge is 2.49. The topological polar surface area (TPSA) is 124 Å². The van der Waals surface area contributed by atoms with Gasteiger partial charge in [-0.15, -0.1) is 0 Å². The van der Waals surface area contributed by atoms with Crippen molar-refractivity contribution in [2.45, 2.75) is 57.8 Å². The Balaban J connectivity index is 1.04. The number of amides is 2. The average molecular weight is 761 g/mol. The van der Waals surface area contributed by atoms with E-state index in [9.17, 15) is 9.59 Å². The summed E-state index contributed by atoms with van der Waals surface area (Å²) < 4.78 is 22.3. The molecule has 278 valence electrons. The number of aromatic nitrogens is 2. The molecule has 2 saturated heterocycles. The van der Waals surface area contributed by atoms with Gasteiger partial charge in [0.25, 0.3) is 0 Å². The van der Waals surface area contributed by atoms with E-state index in [1.807, 2.05) is 42.5 Å². The van der Waals surface area contributed by atoms with Crippen LogP contribution in [0.3, 0.4) is 0 Å². The Hall–Kier alpha value is -4.42. The molecule has 2 aromatic heterocycles. The average Bonchev–Trinajstić information content (AvgIpc) is 3.13. The van der Waals surface area contributed by atoms with Crippen LogP contribution < -0.4 is 20.1 Å². The minimum Gasteiger partial charge on any atom is -0.496 e. The molecule has 3 aliphatic rings. The molecule has 0 bridgehead atoms. The predicted octanol–water partition coefficient (Wildman–Crippen LogP) is 7.31. The lowest BCUT2D eigenvalue weighted by Crippen LogP contribution is -2.58. The molecule has 4 heterocycles. The van der Waals surface area contributed by atoms with Crippen LogP contribution in [0.15, 0.2) is 60.8 Å². The van der Waals surface area contributed by atoms with Gasteiger partial charge in [-0.1, -0.05) is 53.5 Å². The number of carbonyl (C=O) groups excluding carboxylic acids is 2. The molecule has 1 aliphatic carbocycles. The van der Waals surface area contributed by atoms with Crippen molar-refractivity contribution in [2.75, 3.05) is 40.5 Å². The largest absolute Gasteiger partial charge is 0.496 e. The summed E-state index contributed by atoms with van der Waals surface area (Å²) in [5.41, 5.74) is 6.22. The van der Waals surface area contributed by atoms with Gasteiger partial charge in [0.15, 0.2) is 0 Å². The van der Waals surface area contributed by atoms with Crippen LogP contribution in [0, 0.1) is 5.41 Å². The molecule has 0 atom stereocenters. The third-order valence-corrected chi connectivity index (χ3v) is 11.3. The molecule has 2 aliphatic heterocycles. The molecule has 2 aromatic carbocycles. The van der Waals surface area contributed by atoms with Crippen LogP contribution in [0.1, 0.15) is 43.7 Å². The summed E-state index contributed by atoms with van der Waals surface area (Å²) in [5, 5.41) is 7.48. The fraction of sp³-hybridized carbons (Fsp3) is 0.400. The fourth-order valence-electron chi connectivity index (χ4n) is 7.44. The Bertz CT molecular complexity index is 1990. The minimum atomic E-state index is -0.533. The molecule has 13 heteroatoms. The van der Waals surface area contributed by atoms with Gasteiger partial charge in [0.05, 0.1) is 54.4 Å². The molecular formula is C40H43Cl2N5O6. The molecule has 0 unspecified atom stereocenters. The Labute approximate surface area is 319 Å². The summed E-state index contributed by atoms with van der Waals surface area (Å²) >= 11 is 14.2. The van der Waals surface area contributed by atoms with Gasteiger partial charge in [-0.25, -0.2) is 9.78 Å². The van der Waals surface area contributed by atoms with E-state index in [1.54, 1.807) is 31.2 Å². The number of hydrogen-bond donors (Lipinski definition) is 2. The molecular weight excluding hydrogens is 717 g/mol. The lowest BCUT2D eigenvalue weighted by atomic mass is 9.64. The monoisotopic (exact) mass is 759 g/mol. The van der Waals surface area contributed by atoms with Crippen molar-refractivity contribution >= 4 is 35.2 Å². The second-order valence-electron chi connectivity index (χ2n) is 14.1. The highest BCUT2D eigenvalue weighted by Crippen LogP contribution is 2.47. The van der Waals surface area contributed by atoms with E-state index in [4.69, 9.17) is 47.1 Å². The van der Waals surface area contributed by atoms with Gasteiger partial charge in [-0.05, 0) is 49.9 Å². The van der Waals surface area contributed by atoms with E-state index in [1.165, 1.54) is 7.11 Å². The highest BCUT2D eigenvalue weighted by molar-refractivity contribution is 6.39. The number of likely N-dealkylation sites (tertiary alicyclic amines) is 1. The Morgan fingerprint density at radius 3 is 2.36 bits per heavy atom. The number of benzene rings is 2. The number of nitrogens with one attached hydrogen (secondary N) is 2. The number of ether oxygens (including phenoxy) is 4. The lowest BCUT2D eigenvalue weighted by Gasteiger charge is -2.53. The number of carbonyl (C=O) groups is 2. The number of pyridine rings is 2. The molecule has 2 amide bonds. The first kappa shape index (κ1) is 36.9. The van der Waals surface area contributed by atoms with Crippen molar-refractivity contribution in [3.8, 4) is 45.3 Å². The van der Waals surface area contributed by atoms with Crippen LogP contribution in [0.4, 0.5) is 4.79 Å². The van der Waals surface area contributed by atoms with E-state index in [0.717, 1.165) is 54.1 Å². The predicted molar refractivity (Wildman–Crippen MR) is 203 cm³/mol. The number of halogens is 2. The van der Waals surface area contributed by atoms with E-state index in [-0.39, 0.29) is 18.6 Å². The highest BCUT2D eigenvalue weighted by atomic mass is 35.5. The third-order valence-electron chi connectivity index (χ3n) is 10.5. The van der Waals surface area contributed by atoms with Crippen LogP contribution in [0.5, 0.6) is 11.6 Å². The summed E-state index contributed by atoms with van der Waals surface area (Å²) in [6.45, 7) is 5.22. The van der Waals surface area contributed by atoms with Crippen LogP contribution in [0.2, 0.25) is 10.0 Å². The Morgan fingerprint density at radius 2 is 1.66 bits per heavy atom. The third kappa shape index (κ3) is 7.94. The number of piperidine rings is 1. The number of hydrogen-bond acceptors (Lipinski definition) is 9. The fourth-order valence-corrected chi connectivity index (χ4v) is 8.08. The first-order valence-electron chi connectivity index (χ1n) is 17.8. The first-order valence-corrected chi connectivity index (χ1v) is 18.6. The van der Waals surface area contributed by atoms with E-state index < -0.39 is 6.09 Å². The molecule has 4 aromatic rings. The second-order valence-corrected chi connectivity index (χ2v) is 14.8. The summed E-state index contributed by atoms with van der Waals surface area (Å²) in [7, 11) is 3.19. The molecule has 2 N–H and O–H groups in total. The zero-order valence-electron chi connectivity index (χ0n) is 30.0. The second kappa shape index (κ2) is 15.9. The zero-order valence-corrected chi connectivity index (χ0v) is 31.6. The Morgan fingerprint density at radius 1 is 0.925 bits per heavy atom. The minimum absolute atomic E-state index is 0.0307. The number of nitrogens with zero attached hydrogens (tertiary/aromatic N) is 3. The normalized spacial score (nSPS) is 16.8. The molecule has 1 spiro atoms. The van der Waals surface area contributed by atoms with E-state index in [0.29, 0.717) is 82.4 Å². The van der Waals surface area contributed by atoms with Crippen LogP contribution in [0.25, 0.3) is 33.6 Å². The summed E-state index contributed by atoms with van der Waals surface area (Å²) in [5.74, 6) is 1.12. The maximum atomic E-state index is 12.6. The van der Waals surface area contributed by atoms with E-state index in [2.05, 4.69) is 21.7 Å². The van der Waals surface area contributed by atoms with Gasteiger partial charge < -0.3 is 34.5 Å². The molecule has 0 radical (unpaired) electrons. The van der Waals surface area contributed by atoms with Crippen molar-refractivity contribution < 1.29 is 28.5 Å². The SMILES string of the molecule is COc1cc(-c2nccc(-c3cccc(-c4ccc(COC(=O)NC5CCN(C(C)=O)CC5)c(OC)n4)c3Cl)c2Cl)ccc1CNC1CC2(COC2)C1. The molecule has 11 nitrogen and oxygen atoms in total. The number of methoxy groups -OCH3 is 2. The maximum Gasteiger partial charge on any atom is 0.407 e. The Kier molecular flexibility index (Phi) is 11.1. The smallest absolute Gasteiger partial charge is 0.407 e. The van der Waals surface area contributed by atoms with Crippen LogP contribution >= 0.6 is 23.2 Å². The van der Waals surface area contributed by atoms with Crippen molar-refractivity contribution in [3.63, 3.8) is 0 Å². The molecule has 53 heavy (non-hydrogen) atoms. The maximum absolute atomic E-state index is 12.6. The number of alkyl carbamates (subject to hydrolysis) is 1. The van der Waals surface area contributed by atoms with Crippen LogP contribution in [-0.2, 0) is 27.4 Å². The van der Waals surface area contributed by atoms with Crippen molar-refractivity contribution in [3.05, 3.63) is 82.0 Å². The zero-order chi connectivity index (χ0) is 37.1. The van der Waals surface area contributed by atoms with Crippen LogP contribution in [-0.4, -0.2) is 79.5 Å². The quantitative estimate of drug-likeness (QED) is 0.162. The lowest BCUT2D eigenvalue weighted by molar-refractivity contribution is -0.167. The van der Waals surface area contributed by atoms with E-state index >= 15 is 0 Å². The van der Waals surface area contributed by atoms with Crippen molar-refractivity contribution in [2.24, 2.45) is 5.41 Å². The van der Waals surface area contributed by atoms with Gasteiger partial charge >= 0.3 is 6.09 Å². The standard InChI is InChI=1S/C40H43Cl2N5O6/c1-24(48)47-15-12-28(13-16-47)45-39(49)53-21-27-9-10-33(46-38(27)51-3)32-6-4-5-30(35(32)41)31-11-14-43-37(36(31)42)25-7-8-26(34(17-25)50-2)20-44-29-18-40(19-29)22-52-23-40/h4-11,14,17,28-29,44H,12-13,15-16,18-23H2,1-3H3,(H,45,49). The summed E-state index contributed by atoms with van der Waals surface area (Å²) in [6.07, 6.45) is 4.85. The van der Waals surface area contributed by atoms with Crippen molar-refractivity contribution in [1.82, 2.24) is 25.5 Å². The van der Waals surface area contributed by atoms with Gasteiger partial charge in [0.1, 0.15) is 12.4 Å². The summed E-state index contributed by atoms with van der Waals surface area (Å²) in [6, 6.07) is 17.6. The molecule has 3 fully saturated rings. The van der Waals surface area contributed by atoms with Gasteiger partial charge in [0, 0.05) is 78.1 Å². The summed E-state index contributed by atoms with van der Waals surface area (Å²) in [4.78, 5) is 35.3. The van der Waals surface area contributed by atoms with Gasteiger partial charge in [-0.3, -0.25) is 9.78 Å². The molecule has 1 saturated carbocycles.